The molecule has 3 N–H and O–H groups in total. The van der Waals surface area contributed by atoms with E-state index in [0.717, 1.165) is 15.4 Å². The second-order valence-electron chi connectivity index (χ2n) is 7.79. The number of ether oxygens (including phenoxy) is 1. The second-order valence-corrected chi connectivity index (χ2v) is 9.65. The molecule has 0 aliphatic heterocycles. The van der Waals surface area contributed by atoms with Crippen molar-refractivity contribution in [3.8, 4) is 5.75 Å². The van der Waals surface area contributed by atoms with Crippen LogP contribution in [-0.4, -0.2) is 39.6 Å². The number of hydrogen-bond donors (Lipinski definition) is 2. The van der Waals surface area contributed by atoms with Crippen LogP contribution in [0.5, 0.6) is 5.75 Å². The van der Waals surface area contributed by atoms with E-state index in [0.29, 0.717) is 17.0 Å². The molecule has 0 aliphatic carbocycles. The Hall–Kier alpha value is -4.18. The van der Waals surface area contributed by atoms with Gasteiger partial charge in [-0.1, -0.05) is 24.3 Å². The summed E-state index contributed by atoms with van der Waals surface area (Å²) in [5.74, 6) is -0.732. The van der Waals surface area contributed by atoms with Crippen molar-refractivity contribution < 1.29 is 22.7 Å². The normalized spacial score (nSPS) is 11.3. The minimum absolute atomic E-state index is 0.0779. The predicted molar refractivity (Wildman–Crippen MR) is 134 cm³/mol. The van der Waals surface area contributed by atoms with Crippen molar-refractivity contribution in [1.29, 1.82) is 0 Å². The van der Waals surface area contributed by atoms with Gasteiger partial charge in [-0.2, -0.15) is 5.10 Å². The third-order valence-corrected chi connectivity index (χ3v) is 6.56. The topological polar surface area (TPSA) is 131 Å². The molecule has 0 saturated carbocycles. The van der Waals surface area contributed by atoms with Crippen molar-refractivity contribution in [3.63, 3.8) is 0 Å². The van der Waals surface area contributed by atoms with Crippen LogP contribution in [0.3, 0.4) is 0 Å². The molecule has 0 aliphatic rings. The highest BCUT2D eigenvalue weighted by atomic mass is 32.2. The molecule has 0 heterocycles. The van der Waals surface area contributed by atoms with Crippen molar-refractivity contribution in [2.24, 2.45) is 10.8 Å². The number of anilines is 1. The van der Waals surface area contributed by atoms with Gasteiger partial charge in [0.05, 0.1) is 16.8 Å². The van der Waals surface area contributed by atoms with Gasteiger partial charge in [-0.15, -0.1) is 0 Å². The molecule has 3 aromatic carbocycles. The predicted octanol–water partition coefficient (Wildman–Crippen LogP) is 2.51. The number of nitrogens with one attached hydrogen (secondary N) is 1. The summed E-state index contributed by atoms with van der Waals surface area (Å²) in [6, 6.07) is 19.9. The van der Waals surface area contributed by atoms with E-state index in [4.69, 9.17) is 10.5 Å². The van der Waals surface area contributed by atoms with E-state index in [2.05, 4.69) is 10.5 Å². The maximum absolute atomic E-state index is 13.4. The molecule has 10 heteroatoms. The number of hydrogen-bond acceptors (Lipinski definition) is 6. The van der Waals surface area contributed by atoms with Gasteiger partial charge >= 0.3 is 0 Å². The van der Waals surface area contributed by atoms with Crippen LogP contribution in [0.4, 0.5) is 5.69 Å². The number of carbonyl (C=O) groups is 2. The molecule has 3 rings (SSSR count). The summed E-state index contributed by atoms with van der Waals surface area (Å²) in [7, 11) is -4.00. The quantitative estimate of drug-likeness (QED) is 0.330. The molecule has 182 valence electrons. The van der Waals surface area contributed by atoms with Gasteiger partial charge in [0.1, 0.15) is 12.3 Å². The maximum atomic E-state index is 13.4. The van der Waals surface area contributed by atoms with E-state index in [9.17, 15) is 18.0 Å². The number of nitrogens with zero attached hydrogens (tertiary/aromatic N) is 2. The molecular weight excluding hydrogens is 468 g/mol. The molecule has 0 atom stereocenters. The maximum Gasteiger partial charge on any atom is 0.264 e. The summed E-state index contributed by atoms with van der Waals surface area (Å²) in [4.78, 5) is 23.5. The van der Waals surface area contributed by atoms with Crippen molar-refractivity contribution in [2.45, 2.75) is 18.7 Å². The zero-order valence-electron chi connectivity index (χ0n) is 19.3. The van der Waals surface area contributed by atoms with Crippen LogP contribution < -0.4 is 20.2 Å². The summed E-state index contributed by atoms with van der Waals surface area (Å²) in [6.07, 6.45) is 1.41. The molecule has 0 spiro atoms. The van der Waals surface area contributed by atoms with Crippen LogP contribution in [0.1, 0.15) is 16.7 Å². The third kappa shape index (κ3) is 7.15. The first-order valence-electron chi connectivity index (χ1n) is 10.6. The van der Waals surface area contributed by atoms with Crippen molar-refractivity contribution in [2.75, 3.05) is 17.5 Å². The highest BCUT2D eigenvalue weighted by molar-refractivity contribution is 7.92. The Morgan fingerprint density at radius 1 is 1.00 bits per heavy atom. The third-order valence-electron chi connectivity index (χ3n) is 4.78. The van der Waals surface area contributed by atoms with Crippen LogP contribution >= 0.6 is 0 Å². The highest BCUT2D eigenvalue weighted by Crippen LogP contribution is 2.25. The van der Waals surface area contributed by atoms with Gasteiger partial charge in [-0.05, 0) is 79.1 Å². The Morgan fingerprint density at radius 2 is 1.63 bits per heavy atom. The lowest BCUT2D eigenvalue weighted by Gasteiger charge is -2.24. The Morgan fingerprint density at radius 3 is 2.23 bits per heavy atom. The van der Waals surface area contributed by atoms with E-state index in [1.165, 1.54) is 18.3 Å². The van der Waals surface area contributed by atoms with Gasteiger partial charge < -0.3 is 10.5 Å². The summed E-state index contributed by atoms with van der Waals surface area (Å²) in [5.41, 5.74) is 10.2. The van der Waals surface area contributed by atoms with Gasteiger partial charge in [-0.3, -0.25) is 13.9 Å². The lowest BCUT2D eigenvalue weighted by Crippen LogP contribution is -2.39. The molecule has 0 radical (unpaired) electrons. The molecule has 0 bridgehead atoms. The lowest BCUT2D eigenvalue weighted by atomic mass is 10.1. The largest absolute Gasteiger partial charge is 0.484 e. The molecule has 2 amide bonds. The molecule has 0 aromatic heterocycles. The van der Waals surface area contributed by atoms with Gasteiger partial charge in [-0.25, -0.2) is 13.8 Å². The molecular formula is C25H26N4O5S. The first-order chi connectivity index (χ1) is 16.6. The van der Waals surface area contributed by atoms with Crippen molar-refractivity contribution >= 4 is 33.7 Å². The van der Waals surface area contributed by atoms with E-state index in [1.54, 1.807) is 54.6 Å². The van der Waals surface area contributed by atoms with Gasteiger partial charge in [0.2, 0.25) is 0 Å². The minimum Gasteiger partial charge on any atom is -0.484 e. The number of primary amides is 1. The highest BCUT2D eigenvalue weighted by Gasteiger charge is 2.27. The van der Waals surface area contributed by atoms with Crippen LogP contribution in [-0.2, 0) is 19.6 Å². The smallest absolute Gasteiger partial charge is 0.264 e. The number of sulfonamides is 1. The number of nitrogens with two attached hydrogens (primary N) is 1. The number of amides is 2. The Kier molecular flexibility index (Phi) is 8.21. The number of benzene rings is 3. The number of aryl methyl sites for hydroxylation is 2. The fourth-order valence-corrected chi connectivity index (χ4v) is 4.70. The number of hydrazone groups is 1. The van der Waals surface area contributed by atoms with Crippen LogP contribution in [0, 0.1) is 13.8 Å². The van der Waals surface area contributed by atoms with Crippen molar-refractivity contribution in [1.82, 2.24) is 5.43 Å². The standard InChI is InChI=1S/C25H26N4O5S/c1-18-12-19(2)14-21(13-18)29(35(32,33)23-6-4-3-5-7-23)16-25(31)28-27-15-20-8-10-22(11-9-20)34-17-24(26)30/h3-15H,16-17H2,1-2H3,(H2,26,30)(H,28,31)/b27-15-. The first-order valence-corrected chi connectivity index (χ1v) is 12.1. The molecule has 9 nitrogen and oxygen atoms in total. The Labute approximate surface area is 204 Å². The van der Waals surface area contributed by atoms with Crippen LogP contribution in [0.2, 0.25) is 0 Å². The zero-order chi connectivity index (χ0) is 25.4. The van der Waals surface area contributed by atoms with Crippen LogP contribution in [0.15, 0.2) is 82.8 Å². The Balaban J connectivity index is 1.75. The second kappa shape index (κ2) is 11.3. The molecule has 0 saturated heterocycles. The first kappa shape index (κ1) is 25.4. The Bertz CT molecular complexity index is 1300. The number of carbonyl (C=O) groups excluding carboxylic acids is 2. The molecule has 0 fully saturated rings. The average Bonchev–Trinajstić information content (AvgIpc) is 2.82. The average molecular weight is 495 g/mol. The van der Waals surface area contributed by atoms with Crippen molar-refractivity contribution in [3.05, 3.63) is 89.5 Å². The lowest BCUT2D eigenvalue weighted by molar-refractivity contribution is -0.120. The van der Waals surface area contributed by atoms with Gasteiger partial charge in [0.25, 0.3) is 21.8 Å². The van der Waals surface area contributed by atoms with Gasteiger partial charge in [0.15, 0.2) is 6.61 Å². The summed E-state index contributed by atoms with van der Waals surface area (Å²) in [5, 5.41) is 3.92. The fraction of sp³-hybridized carbons (Fsp3) is 0.160. The van der Waals surface area contributed by atoms with E-state index < -0.39 is 28.4 Å². The molecule has 35 heavy (non-hydrogen) atoms. The molecule has 3 aromatic rings. The monoisotopic (exact) mass is 494 g/mol. The zero-order valence-corrected chi connectivity index (χ0v) is 20.2. The van der Waals surface area contributed by atoms with E-state index in [1.807, 2.05) is 19.9 Å². The summed E-state index contributed by atoms with van der Waals surface area (Å²) in [6.45, 7) is 3.03. The number of rotatable bonds is 10. The minimum atomic E-state index is -4.00. The summed E-state index contributed by atoms with van der Waals surface area (Å²) >= 11 is 0. The SMILES string of the molecule is Cc1cc(C)cc(N(CC(=O)N/N=C\c2ccc(OCC(N)=O)cc2)S(=O)(=O)c2ccccc2)c1. The molecule has 0 unspecified atom stereocenters. The van der Waals surface area contributed by atoms with E-state index in [-0.39, 0.29) is 11.5 Å². The van der Waals surface area contributed by atoms with Gasteiger partial charge in [0, 0.05) is 0 Å². The summed E-state index contributed by atoms with van der Waals surface area (Å²) < 4.78 is 33.0. The fourth-order valence-electron chi connectivity index (χ4n) is 3.28. The van der Waals surface area contributed by atoms with Crippen LogP contribution in [0.25, 0.3) is 0 Å². The van der Waals surface area contributed by atoms with E-state index >= 15 is 0 Å².